The number of carbonyl (C=O) groups excluding carboxylic acids is 3. The zero-order chi connectivity index (χ0) is 25.9. The number of hydrogen-bond acceptors (Lipinski definition) is 6. The quantitative estimate of drug-likeness (QED) is 0.480. The van der Waals surface area contributed by atoms with E-state index >= 15 is 0 Å². The molecule has 2 aromatic rings. The van der Waals surface area contributed by atoms with Gasteiger partial charge in [0.15, 0.2) is 12.1 Å². The predicted molar refractivity (Wildman–Crippen MR) is 130 cm³/mol. The van der Waals surface area contributed by atoms with Crippen LogP contribution in [-0.2, 0) is 34.8 Å². The van der Waals surface area contributed by atoms with Crippen molar-refractivity contribution in [3.63, 3.8) is 0 Å². The smallest absolute Gasteiger partial charge is 0.261 e. The van der Waals surface area contributed by atoms with E-state index in [0.29, 0.717) is 43.6 Å². The van der Waals surface area contributed by atoms with E-state index in [1.165, 1.54) is 0 Å². The number of rotatable bonds is 4. The first kappa shape index (κ1) is 23.8. The van der Waals surface area contributed by atoms with Gasteiger partial charge in [0, 0.05) is 32.1 Å². The van der Waals surface area contributed by atoms with Gasteiger partial charge < -0.3 is 10.0 Å². The van der Waals surface area contributed by atoms with Crippen LogP contribution in [0, 0.1) is 16.7 Å². The third-order valence-electron chi connectivity index (χ3n) is 8.98. The number of likely N-dealkylation sites (tertiary alicyclic amines) is 1. The molecule has 0 spiro atoms. The van der Waals surface area contributed by atoms with Gasteiger partial charge in [0.05, 0.1) is 17.0 Å². The summed E-state index contributed by atoms with van der Waals surface area (Å²) < 4.78 is 2.12. The van der Waals surface area contributed by atoms with Crippen molar-refractivity contribution >= 4 is 17.7 Å². The van der Waals surface area contributed by atoms with Crippen molar-refractivity contribution in [1.82, 2.24) is 15.1 Å². The van der Waals surface area contributed by atoms with E-state index in [4.69, 9.17) is 5.26 Å². The van der Waals surface area contributed by atoms with Crippen molar-refractivity contribution in [2.24, 2.45) is 5.41 Å². The fourth-order valence-electron chi connectivity index (χ4n) is 6.87. The molecule has 4 aliphatic rings. The van der Waals surface area contributed by atoms with Crippen LogP contribution < -0.4 is 9.88 Å². The van der Waals surface area contributed by atoms with Crippen LogP contribution >= 0.6 is 0 Å². The van der Waals surface area contributed by atoms with Crippen LogP contribution in [-0.4, -0.2) is 51.8 Å². The van der Waals surface area contributed by atoms with Gasteiger partial charge in [-0.25, -0.2) is 0 Å². The predicted octanol–water partition coefficient (Wildman–Crippen LogP) is 1.11. The molecule has 2 fully saturated rings. The van der Waals surface area contributed by atoms with Crippen LogP contribution in [0.25, 0.3) is 0 Å². The summed E-state index contributed by atoms with van der Waals surface area (Å²) in [5, 5.41) is 23.6. The van der Waals surface area contributed by atoms with Gasteiger partial charge in [-0.15, -0.1) is 0 Å². The number of carbonyl (C=O) groups is 3. The van der Waals surface area contributed by atoms with E-state index in [2.05, 4.69) is 27.8 Å². The summed E-state index contributed by atoms with van der Waals surface area (Å²) in [6.45, 7) is 5.18. The van der Waals surface area contributed by atoms with E-state index in [1.807, 2.05) is 30.3 Å². The minimum atomic E-state index is -1.01. The molecule has 9 heteroatoms. The van der Waals surface area contributed by atoms with Gasteiger partial charge in [-0.3, -0.25) is 24.6 Å². The van der Waals surface area contributed by atoms with Crippen LogP contribution in [0.15, 0.2) is 36.4 Å². The Kier molecular flexibility index (Phi) is 5.44. The maximum atomic E-state index is 13.3. The second-order valence-corrected chi connectivity index (χ2v) is 10.8. The molecule has 0 saturated carbocycles. The SMILES string of the molecule is CCC12CN(Cc3ccc(C#N)cc3)CC[C@]1(O)c1ccc3c([n+]1C2)CN([C@@H]1CCC(=O)NC1=O)C3=O. The molecular formula is C28H30N5O4+. The molecular weight excluding hydrogens is 470 g/mol. The standard InChI is InChI=1S/C28H29N5O4/c1-2-27-16-31(14-19-5-3-18(13-29)4-6-19)12-11-28(27,37)23-9-7-20-22(33(23)17-27)15-32(26(20)36)21-8-10-24(34)30-25(21)35/h3-7,9,21,37H,2,8,10-12,14-17H2,1H3/p+1/t21-,27?,28+/m1/s1. The molecule has 5 heterocycles. The lowest BCUT2D eigenvalue weighted by molar-refractivity contribution is -0.706. The summed E-state index contributed by atoms with van der Waals surface area (Å²) in [5.41, 5.74) is 2.58. The number of nitrogens with zero attached hydrogens (tertiary/aromatic N) is 4. The number of nitriles is 1. The van der Waals surface area contributed by atoms with Crippen LogP contribution in [0.4, 0.5) is 0 Å². The number of fused-ring (bicyclic) bond motifs is 5. The molecule has 3 amide bonds. The minimum absolute atomic E-state index is 0.199. The molecule has 1 unspecified atom stereocenters. The molecule has 1 aromatic heterocycles. The monoisotopic (exact) mass is 500 g/mol. The molecule has 1 aromatic carbocycles. The van der Waals surface area contributed by atoms with Gasteiger partial charge in [0.25, 0.3) is 5.91 Å². The number of hydrogen-bond donors (Lipinski definition) is 2. The number of benzene rings is 1. The summed E-state index contributed by atoms with van der Waals surface area (Å²) >= 11 is 0. The van der Waals surface area contributed by atoms with Crippen LogP contribution in [0.5, 0.6) is 0 Å². The molecule has 2 saturated heterocycles. The highest BCUT2D eigenvalue weighted by atomic mass is 16.3. The molecule has 190 valence electrons. The number of imide groups is 1. The third kappa shape index (κ3) is 3.50. The molecule has 3 atom stereocenters. The van der Waals surface area contributed by atoms with Crippen LogP contribution in [0.1, 0.15) is 65.5 Å². The minimum Gasteiger partial charge on any atom is -0.378 e. The first-order valence-electron chi connectivity index (χ1n) is 12.9. The normalized spacial score (nSPS) is 28.9. The molecule has 9 nitrogen and oxygen atoms in total. The maximum absolute atomic E-state index is 13.3. The summed E-state index contributed by atoms with van der Waals surface area (Å²) in [6, 6.07) is 12.8. The molecule has 0 aliphatic carbocycles. The Labute approximate surface area is 215 Å². The maximum Gasteiger partial charge on any atom is 0.261 e. The van der Waals surface area contributed by atoms with Crippen molar-refractivity contribution in [2.75, 3.05) is 13.1 Å². The molecule has 2 N–H and O–H groups in total. The Balaban J connectivity index is 1.28. The molecule has 37 heavy (non-hydrogen) atoms. The van der Waals surface area contributed by atoms with Crippen molar-refractivity contribution < 1.29 is 24.1 Å². The van der Waals surface area contributed by atoms with Crippen molar-refractivity contribution in [3.8, 4) is 6.07 Å². The number of pyridine rings is 1. The lowest BCUT2D eigenvalue weighted by Crippen LogP contribution is -2.56. The Morgan fingerprint density at radius 3 is 2.68 bits per heavy atom. The molecule has 0 bridgehead atoms. The largest absolute Gasteiger partial charge is 0.378 e. The van der Waals surface area contributed by atoms with E-state index in [1.54, 1.807) is 11.0 Å². The second-order valence-electron chi connectivity index (χ2n) is 10.8. The van der Waals surface area contributed by atoms with E-state index in [9.17, 15) is 19.5 Å². The van der Waals surface area contributed by atoms with E-state index in [0.717, 1.165) is 36.5 Å². The van der Waals surface area contributed by atoms with Gasteiger partial charge in [-0.05, 0) is 43.0 Å². The zero-order valence-electron chi connectivity index (χ0n) is 20.9. The summed E-state index contributed by atoms with van der Waals surface area (Å²) in [4.78, 5) is 41.4. The zero-order valence-corrected chi connectivity index (χ0v) is 20.9. The van der Waals surface area contributed by atoms with Gasteiger partial charge in [-0.2, -0.15) is 9.83 Å². The highest BCUT2D eigenvalue weighted by Crippen LogP contribution is 2.52. The highest BCUT2D eigenvalue weighted by Gasteiger charge is 2.65. The topological polar surface area (TPSA) is 118 Å². The first-order chi connectivity index (χ1) is 17.8. The van der Waals surface area contributed by atoms with Gasteiger partial charge in [-0.1, -0.05) is 19.1 Å². The van der Waals surface area contributed by atoms with E-state index in [-0.39, 0.29) is 18.2 Å². The summed E-state index contributed by atoms with van der Waals surface area (Å²) in [6.07, 6.45) is 1.90. The average molecular weight is 501 g/mol. The van der Waals surface area contributed by atoms with Gasteiger partial charge in [0.1, 0.15) is 18.2 Å². The van der Waals surface area contributed by atoms with Crippen LogP contribution in [0.2, 0.25) is 0 Å². The highest BCUT2D eigenvalue weighted by molar-refractivity contribution is 6.05. The number of nitrogens with one attached hydrogen (secondary N) is 1. The fraction of sp³-hybridized carbons (Fsp3) is 0.464. The lowest BCUT2D eigenvalue weighted by atomic mass is 9.66. The van der Waals surface area contributed by atoms with Crippen molar-refractivity contribution in [1.29, 1.82) is 5.26 Å². The second kappa shape index (κ2) is 8.47. The Morgan fingerprint density at radius 2 is 1.97 bits per heavy atom. The van der Waals surface area contributed by atoms with Crippen molar-refractivity contribution in [3.05, 3.63) is 64.5 Å². The number of aromatic nitrogens is 1. The average Bonchev–Trinajstić information content (AvgIpc) is 3.36. The Morgan fingerprint density at radius 1 is 1.19 bits per heavy atom. The molecule has 6 rings (SSSR count). The molecule has 4 aliphatic heterocycles. The number of piperidine rings is 2. The summed E-state index contributed by atoms with van der Waals surface area (Å²) in [7, 11) is 0. The number of amides is 3. The number of aliphatic hydroxyl groups is 1. The Hall–Kier alpha value is -3.61. The van der Waals surface area contributed by atoms with Crippen LogP contribution in [0.3, 0.4) is 0 Å². The lowest BCUT2D eigenvalue weighted by Gasteiger charge is -2.46. The van der Waals surface area contributed by atoms with Gasteiger partial charge >= 0.3 is 0 Å². The van der Waals surface area contributed by atoms with Crippen molar-refractivity contribution in [2.45, 2.75) is 63.9 Å². The summed E-state index contributed by atoms with van der Waals surface area (Å²) in [5.74, 6) is -0.924. The first-order valence-corrected chi connectivity index (χ1v) is 12.9. The Bertz CT molecular complexity index is 1370. The van der Waals surface area contributed by atoms with Gasteiger partial charge in [0.2, 0.25) is 23.2 Å². The molecule has 0 radical (unpaired) electrons. The van der Waals surface area contributed by atoms with E-state index < -0.39 is 23.0 Å². The fourth-order valence-corrected chi connectivity index (χ4v) is 6.87. The third-order valence-corrected chi connectivity index (χ3v) is 8.98.